The molecule has 0 heterocycles. The Balaban J connectivity index is 2.52. The molecule has 0 aromatic heterocycles. The van der Waals surface area contributed by atoms with E-state index in [0.29, 0.717) is 6.04 Å². The van der Waals surface area contributed by atoms with Gasteiger partial charge >= 0.3 is 0 Å². The third kappa shape index (κ3) is 5.87. The first-order valence-electron chi connectivity index (χ1n) is 6.90. The zero-order valence-corrected chi connectivity index (χ0v) is 11.8. The summed E-state index contributed by atoms with van der Waals surface area (Å²) in [5, 5.41) is 3.43. The summed E-state index contributed by atoms with van der Waals surface area (Å²) >= 11 is 0. The molecule has 1 aromatic carbocycles. The highest BCUT2D eigenvalue weighted by Gasteiger charge is 1.96. The second-order valence-electron chi connectivity index (χ2n) is 4.52. The second kappa shape index (κ2) is 8.76. The maximum atomic E-state index is 5.62. The number of benzene rings is 1. The number of nitrogens with one attached hydrogen (secondary N) is 1. The van der Waals surface area contributed by atoms with Gasteiger partial charge in [-0.3, -0.25) is 0 Å². The minimum Gasteiger partial charge on any atom is -0.494 e. The molecule has 0 spiro atoms. The Morgan fingerprint density at radius 1 is 1.28 bits per heavy atom. The van der Waals surface area contributed by atoms with Crippen molar-refractivity contribution in [1.29, 1.82) is 0 Å². The van der Waals surface area contributed by atoms with Gasteiger partial charge in [0.1, 0.15) is 5.75 Å². The van der Waals surface area contributed by atoms with E-state index >= 15 is 0 Å². The van der Waals surface area contributed by atoms with Gasteiger partial charge in [0.25, 0.3) is 0 Å². The lowest BCUT2D eigenvalue weighted by Crippen LogP contribution is -2.24. The van der Waals surface area contributed by atoms with Gasteiger partial charge in [-0.1, -0.05) is 38.1 Å². The lowest BCUT2D eigenvalue weighted by atomic mass is 10.1. The van der Waals surface area contributed by atoms with E-state index in [-0.39, 0.29) is 0 Å². The van der Waals surface area contributed by atoms with Crippen molar-refractivity contribution in [2.75, 3.05) is 13.2 Å². The normalized spacial score (nSPS) is 12.8. The zero-order valence-electron chi connectivity index (χ0n) is 11.8. The van der Waals surface area contributed by atoms with E-state index < -0.39 is 0 Å². The first kappa shape index (κ1) is 14.8. The molecule has 0 amide bonds. The number of rotatable bonds is 8. The van der Waals surface area contributed by atoms with E-state index in [1.807, 2.05) is 12.1 Å². The summed E-state index contributed by atoms with van der Waals surface area (Å²) in [6.07, 6.45) is 6.54. The van der Waals surface area contributed by atoms with Crippen LogP contribution in [0.2, 0.25) is 0 Å². The molecule has 0 fully saturated rings. The van der Waals surface area contributed by atoms with Crippen molar-refractivity contribution in [3.05, 3.63) is 35.9 Å². The van der Waals surface area contributed by atoms with Crippen molar-refractivity contribution >= 4 is 6.08 Å². The lowest BCUT2D eigenvalue weighted by Gasteiger charge is -2.08. The quantitative estimate of drug-likeness (QED) is 0.753. The summed E-state index contributed by atoms with van der Waals surface area (Å²) in [5.41, 5.74) is 1.19. The van der Waals surface area contributed by atoms with Crippen LogP contribution in [0.15, 0.2) is 30.3 Å². The third-order valence-electron chi connectivity index (χ3n) is 2.62. The predicted molar refractivity (Wildman–Crippen MR) is 79.0 cm³/mol. The Bertz CT molecular complexity index is 360. The summed E-state index contributed by atoms with van der Waals surface area (Å²) in [4.78, 5) is 0. The molecule has 0 bridgehead atoms. The predicted octanol–water partition coefficient (Wildman–Crippen LogP) is 3.88. The molecule has 1 rings (SSSR count). The van der Waals surface area contributed by atoms with E-state index in [4.69, 9.17) is 4.74 Å². The van der Waals surface area contributed by atoms with Crippen LogP contribution in [0.1, 0.15) is 39.2 Å². The van der Waals surface area contributed by atoms with Crippen LogP contribution in [-0.2, 0) is 0 Å². The molecular weight excluding hydrogens is 222 g/mol. The fourth-order valence-electron chi connectivity index (χ4n) is 1.62. The van der Waals surface area contributed by atoms with Crippen LogP contribution in [-0.4, -0.2) is 19.2 Å². The lowest BCUT2D eigenvalue weighted by molar-refractivity contribution is 0.317. The maximum absolute atomic E-state index is 5.62. The standard InChI is InChI=1S/C16H25NO/c1-4-11-17-14(3)9-10-15-7-6-8-16(13-15)18-12-5-2/h6-10,13-14,17H,4-5,11-12H2,1-3H3/b10-9+. The van der Waals surface area contributed by atoms with Gasteiger partial charge in [-0.25, -0.2) is 0 Å². The Morgan fingerprint density at radius 2 is 2.11 bits per heavy atom. The molecule has 0 saturated carbocycles. The van der Waals surface area contributed by atoms with E-state index in [1.165, 1.54) is 12.0 Å². The first-order chi connectivity index (χ1) is 8.76. The number of hydrogen-bond donors (Lipinski definition) is 1. The fraction of sp³-hybridized carbons (Fsp3) is 0.500. The van der Waals surface area contributed by atoms with Crippen molar-refractivity contribution in [1.82, 2.24) is 5.32 Å². The van der Waals surface area contributed by atoms with E-state index in [0.717, 1.165) is 25.3 Å². The summed E-state index contributed by atoms with van der Waals surface area (Å²) in [6.45, 7) is 8.30. The number of ether oxygens (including phenoxy) is 1. The average molecular weight is 247 g/mol. The van der Waals surface area contributed by atoms with Crippen LogP contribution < -0.4 is 10.1 Å². The molecule has 18 heavy (non-hydrogen) atoms. The third-order valence-corrected chi connectivity index (χ3v) is 2.62. The molecule has 100 valence electrons. The van der Waals surface area contributed by atoms with Crippen molar-refractivity contribution < 1.29 is 4.74 Å². The Kier molecular flexibility index (Phi) is 7.19. The van der Waals surface area contributed by atoms with Crippen molar-refractivity contribution in [3.63, 3.8) is 0 Å². The molecule has 0 aliphatic carbocycles. The van der Waals surface area contributed by atoms with Gasteiger partial charge in [0.2, 0.25) is 0 Å². The molecule has 1 aromatic rings. The smallest absolute Gasteiger partial charge is 0.119 e. The highest BCUT2D eigenvalue weighted by Crippen LogP contribution is 2.14. The zero-order chi connectivity index (χ0) is 13.2. The largest absolute Gasteiger partial charge is 0.494 e. The molecule has 1 N–H and O–H groups in total. The fourth-order valence-corrected chi connectivity index (χ4v) is 1.62. The molecule has 2 heteroatoms. The molecule has 0 aliphatic rings. The van der Waals surface area contributed by atoms with E-state index in [1.54, 1.807) is 0 Å². The van der Waals surface area contributed by atoms with Gasteiger partial charge < -0.3 is 10.1 Å². The topological polar surface area (TPSA) is 21.3 Å². The van der Waals surface area contributed by atoms with Crippen LogP contribution in [0.4, 0.5) is 0 Å². The SMILES string of the molecule is CCCNC(C)/C=C/c1cccc(OCCC)c1. The summed E-state index contributed by atoms with van der Waals surface area (Å²) in [6, 6.07) is 8.63. The van der Waals surface area contributed by atoms with Crippen LogP contribution in [0.25, 0.3) is 6.08 Å². The monoisotopic (exact) mass is 247 g/mol. The van der Waals surface area contributed by atoms with Gasteiger partial charge in [0.15, 0.2) is 0 Å². The molecule has 0 radical (unpaired) electrons. The number of hydrogen-bond acceptors (Lipinski definition) is 2. The Hall–Kier alpha value is -1.28. The molecule has 1 unspecified atom stereocenters. The van der Waals surface area contributed by atoms with Gasteiger partial charge in [0.05, 0.1) is 6.61 Å². The van der Waals surface area contributed by atoms with Gasteiger partial charge in [-0.15, -0.1) is 0 Å². The van der Waals surface area contributed by atoms with Gasteiger partial charge in [0, 0.05) is 6.04 Å². The highest BCUT2D eigenvalue weighted by atomic mass is 16.5. The molecule has 1 atom stereocenters. The summed E-state index contributed by atoms with van der Waals surface area (Å²) in [5.74, 6) is 0.952. The minimum atomic E-state index is 0.408. The Morgan fingerprint density at radius 3 is 2.83 bits per heavy atom. The van der Waals surface area contributed by atoms with Crippen molar-refractivity contribution in [2.24, 2.45) is 0 Å². The van der Waals surface area contributed by atoms with Crippen LogP contribution >= 0.6 is 0 Å². The van der Waals surface area contributed by atoms with Crippen molar-refractivity contribution in [2.45, 2.75) is 39.7 Å². The minimum absolute atomic E-state index is 0.408. The highest BCUT2D eigenvalue weighted by molar-refractivity contribution is 5.52. The molecule has 0 aliphatic heterocycles. The Labute approximate surface area is 111 Å². The van der Waals surface area contributed by atoms with Crippen LogP contribution in [0.3, 0.4) is 0 Å². The van der Waals surface area contributed by atoms with Crippen LogP contribution in [0, 0.1) is 0 Å². The molecule has 2 nitrogen and oxygen atoms in total. The van der Waals surface area contributed by atoms with Crippen molar-refractivity contribution in [3.8, 4) is 5.75 Å². The maximum Gasteiger partial charge on any atom is 0.119 e. The van der Waals surface area contributed by atoms with Gasteiger partial charge in [-0.05, 0) is 44.0 Å². The van der Waals surface area contributed by atoms with Gasteiger partial charge in [-0.2, -0.15) is 0 Å². The average Bonchev–Trinajstić information content (AvgIpc) is 2.41. The summed E-state index contributed by atoms with van der Waals surface area (Å²) < 4.78 is 5.62. The second-order valence-corrected chi connectivity index (χ2v) is 4.52. The van der Waals surface area contributed by atoms with E-state index in [9.17, 15) is 0 Å². The molecule has 0 saturated heterocycles. The van der Waals surface area contributed by atoms with Crippen LogP contribution in [0.5, 0.6) is 5.75 Å². The van der Waals surface area contributed by atoms with E-state index in [2.05, 4.69) is 50.4 Å². The summed E-state index contributed by atoms with van der Waals surface area (Å²) in [7, 11) is 0. The molecular formula is C16H25NO. The first-order valence-corrected chi connectivity index (χ1v) is 6.90.